The van der Waals surface area contributed by atoms with Crippen LogP contribution < -0.4 is 0 Å². The lowest BCUT2D eigenvalue weighted by Gasteiger charge is -2.16. The van der Waals surface area contributed by atoms with Crippen LogP contribution in [0.1, 0.15) is 11.5 Å². The Kier molecular flexibility index (Phi) is 5.37. The number of imidazole rings is 1. The highest BCUT2D eigenvalue weighted by atomic mass is 79.9. The van der Waals surface area contributed by atoms with Gasteiger partial charge in [0, 0.05) is 14.7 Å². The number of aliphatic hydroxyl groups is 1. The molecule has 1 aromatic rings. The minimum absolute atomic E-state index is 0.0523. The van der Waals surface area contributed by atoms with Gasteiger partial charge >= 0.3 is 0 Å². The summed E-state index contributed by atoms with van der Waals surface area (Å²) >= 11 is 3.42. The van der Waals surface area contributed by atoms with Crippen LogP contribution in [-0.2, 0) is 18.1 Å². The second-order valence-electron chi connectivity index (χ2n) is 5.33. The van der Waals surface area contributed by atoms with E-state index in [2.05, 4.69) is 40.6 Å². The summed E-state index contributed by atoms with van der Waals surface area (Å²) in [5, 5.41) is 9.09. The second kappa shape index (κ2) is 6.13. The Morgan fingerprint density at radius 1 is 1.41 bits per heavy atom. The summed E-state index contributed by atoms with van der Waals surface area (Å²) in [6.07, 6.45) is 0. The van der Waals surface area contributed by atoms with Crippen LogP contribution >= 0.6 is 15.9 Å². The van der Waals surface area contributed by atoms with Crippen molar-refractivity contribution in [2.75, 3.05) is 6.61 Å². The van der Waals surface area contributed by atoms with Crippen molar-refractivity contribution in [3.63, 3.8) is 0 Å². The number of halogens is 1. The van der Waals surface area contributed by atoms with Crippen LogP contribution in [0.25, 0.3) is 0 Å². The van der Waals surface area contributed by atoms with E-state index in [9.17, 15) is 0 Å². The molecule has 98 valence electrons. The zero-order chi connectivity index (χ0) is 13.1. The first-order valence-corrected chi connectivity index (χ1v) is 10.3. The lowest BCUT2D eigenvalue weighted by molar-refractivity contribution is 0.0842. The molecule has 1 N–H and O–H groups in total. The molecular formula is C11H21BrN2O2Si. The molecule has 0 fully saturated rings. The van der Waals surface area contributed by atoms with E-state index >= 15 is 0 Å². The highest BCUT2D eigenvalue weighted by Crippen LogP contribution is 2.19. The minimum atomic E-state index is -1.03. The van der Waals surface area contributed by atoms with E-state index in [1.165, 1.54) is 0 Å². The molecule has 1 aromatic heterocycles. The van der Waals surface area contributed by atoms with Crippen LogP contribution in [-0.4, -0.2) is 29.3 Å². The summed E-state index contributed by atoms with van der Waals surface area (Å²) in [5.41, 5.74) is 0.663. The first-order chi connectivity index (χ1) is 7.85. The minimum Gasteiger partial charge on any atom is -0.390 e. The molecule has 0 aliphatic heterocycles. The maximum atomic E-state index is 9.09. The fourth-order valence-corrected chi connectivity index (χ4v) is 2.71. The van der Waals surface area contributed by atoms with Crippen LogP contribution in [0.15, 0.2) is 4.60 Å². The van der Waals surface area contributed by atoms with Crippen molar-refractivity contribution < 1.29 is 9.84 Å². The molecule has 0 aliphatic carbocycles. The summed E-state index contributed by atoms with van der Waals surface area (Å²) < 4.78 is 8.40. The SMILES string of the molecule is Cc1nc(CO)c(Br)n1COCC[Si](C)(C)C. The third-order valence-corrected chi connectivity index (χ3v) is 5.12. The Morgan fingerprint density at radius 3 is 2.53 bits per heavy atom. The highest BCUT2D eigenvalue weighted by Gasteiger charge is 2.14. The average Bonchev–Trinajstić information content (AvgIpc) is 2.48. The number of aliphatic hydroxyl groups excluding tert-OH is 1. The highest BCUT2D eigenvalue weighted by molar-refractivity contribution is 9.10. The van der Waals surface area contributed by atoms with Crippen molar-refractivity contribution in [2.24, 2.45) is 0 Å². The van der Waals surface area contributed by atoms with Crippen LogP contribution in [0.3, 0.4) is 0 Å². The maximum Gasteiger partial charge on any atom is 0.125 e. The van der Waals surface area contributed by atoms with Crippen molar-refractivity contribution in [1.29, 1.82) is 0 Å². The quantitative estimate of drug-likeness (QED) is 0.647. The molecule has 0 aromatic carbocycles. The molecule has 4 nitrogen and oxygen atoms in total. The standard InChI is InChI=1S/C11H21BrN2O2Si/c1-9-13-10(7-15)11(12)14(9)8-16-5-6-17(2,3)4/h15H,5-8H2,1-4H3. The lowest BCUT2D eigenvalue weighted by atomic mass is 10.5. The van der Waals surface area contributed by atoms with Gasteiger partial charge in [0.1, 0.15) is 17.2 Å². The largest absolute Gasteiger partial charge is 0.390 e. The summed E-state index contributed by atoms with van der Waals surface area (Å²) in [5.74, 6) is 0.855. The van der Waals surface area contributed by atoms with Gasteiger partial charge in [0.15, 0.2) is 0 Å². The van der Waals surface area contributed by atoms with Crippen molar-refractivity contribution in [3.05, 3.63) is 16.1 Å². The number of ether oxygens (including phenoxy) is 1. The topological polar surface area (TPSA) is 47.3 Å². The zero-order valence-corrected chi connectivity index (χ0v) is 13.5. The van der Waals surface area contributed by atoms with E-state index in [1.54, 1.807) is 0 Å². The Balaban J connectivity index is 2.50. The molecule has 0 bridgehead atoms. The summed E-state index contributed by atoms with van der Waals surface area (Å²) in [6, 6.07) is 1.16. The first-order valence-electron chi connectivity index (χ1n) is 5.75. The van der Waals surface area contributed by atoms with Gasteiger partial charge in [0.2, 0.25) is 0 Å². The fraction of sp³-hybridized carbons (Fsp3) is 0.727. The fourth-order valence-electron chi connectivity index (χ4n) is 1.38. The van der Waals surface area contributed by atoms with Crippen molar-refractivity contribution in [3.8, 4) is 0 Å². The van der Waals surface area contributed by atoms with Crippen molar-refractivity contribution >= 4 is 24.0 Å². The number of hydrogen-bond acceptors (Lipinski definition) is 3. The zero-order valence-electron chi connectivity index (χ0n) is 11.0. The Labute approximate surface area is 112 Å². The van der Waals surface area contributed by atoms with E-state index < -0.39 is 8.07 Å². The molecule has 0 aliphatic rings. The van der Waals surface area contributed by atoms with Gasteiger partial charge in [-0.25, -0.2) is 4.98 Å². The predicted molar refractivity (Wildman–Crippen MR) is 74.7 cm³/mol. The summed E-state index contributed by atoms with van der Waals surface area (Å²) in [6.45, 7) is 10.1. The number of rotatable bonds is 6. The molecule has 0 unspecified atom stereocenters. The van der Waals surface area contributed by atoms with E-state index in [0.29, 0.717) is 12.4 Å². The van der Waals surface area contributed by atoms with Crippen molar-refractivity contribution in [2.45, 2.75) is 45.9 Å². The van der Waals surface area contributed by atoms with Gasteiger partial charge in [-0.05, 0) is 28.9 Å². The average molecular weight is 321 g/mol. The Morgan fingerprint density at radius 2 is 2.06 bits per heavy atom. The Hall–Kier alpha value is -0.173. The van der Waals surface area contributed by atoms with Crippen molar-refractivity contribution in [1.82, 2.24) is 9.55 Å². The van der Waals surface area contributed by atoms with Crippen LogP contribution in [0.2, 0.25) is 25.7 Å². The van der Waals surface area contributed by atoms with E-state index in [4.69, 9.17) is 9.84 Å². The molecule has 0 saturated carbocycles. The first kappa shape index (κ1) is 14.9. The van der Waals surface area contributed by atoms with Gasteiger partial charge in [-0.3, -0.25) is 4.57 Å². The van der Waals surface area contributed by atoms with E-state index in [1.807, 2.05) is 11.5 Å². The maximum absolute atomic E-state index is 9.09. The third-order valence-electron chi connectivity index (χ3n) is 2.53. The summed E-state index contributed by atoms with van der Waals surface area (Å²) in [7, 11) is -1.03. The molecular weight excluding hydrogens is 300 g/mol. The van der Waals surface area contributed by atoms with Crippen LogP contribution in [0, 0.1) is 6.92 Å². The lowest BCUT2D eigenvalue weighted by Crippen LogP contribution is -2.22. The van der Waals surface area contributed by atoms with Gasteiger partial charge in [0.05, 0.1) is 12.3 Å². The molecule has 0 saturated heterocycles. The number of hydrogen-bond donors (Lipinski definition) is 1. The van der Waals surface area contributed by atoms with Gasteiger partial charge in [-0.15, -0.1) is 0 Å². The van der Waals surface area contributed by atoms with E-state index in [0.717, 1.165) is 23.1 Å². The normalized spacial score (nSPS) is 12.1. The van der Waals surface area contributed by atoms with Gasteiger partial charge in [-0.1, -0.05) is 19.6 Å². The van der Waals surface area contributed by atoms with Gasteiger partial charge < -0.3 is 9.84 Å². The van der Waals surface area contributed by atoms with E-state index in [-0.39, 0.29) is 6.61 Å². The van der Waals surface area contributed by atoms with Crippen LogP contribution in [0.4, 0.5) is 0 Å². The summed E-state index contributed by atoms with van der Waals surface area (Å²) in [4.78, 5) is 4.25. The number of aryl methyl sites for hydroxylation is 1. The molecule has 0 radical (unpaired) electrons. The van der Waals surface area contributed by atoms with Crippen LogP contribution in [0.5, 0.6) is 0 Å². The smallest absolute Gasteiger partial charge is 0.125 e. The molecule has 0 spiro atoms. The van der Waals surface area contributed by atoms with Gasteiger partial charge in [0.25, 0.3) is 0 Å². The predicted octanol–water partition coefficient (Wildman–Crippen LogP) is 2.76. The van der Waals surface area contributed by atoms with Gasteiger partial charge in [-0.2, -0.15) is 0 Å². The Bertz CT molecular complexity index is 374. The monoisotopic (exact) mass is 320 g/mol. The molecule has 6 heteroatoms. The molecule has 1 heterocycles. The molecule has 1 rings (SSSR count). The third kappa shape index (κ3) is 4.54. The second-order valence-corrected chi connectivity index (χ2v) is 11.7. The molecule has 17 heavy (non-hydrogen) atoms. The number of aromatic nitrogens is 2. The molecule has 0 amide bonds. The number of nitrogens with zero attached hydrogens (tertiary/aromatic N) is 2. The molecule has 0 atom stereocenters.